The Morgan fingerprint density at radius 1 is 0.500 bits per heavy atom. The van der Waals surface area contributed by atoms with E-state index in [1.165, 1.54) is 279 Å². The molecule has 0 bridgehead atoms. The number of fused-ring (bicyclic) bond motifs is 3. The topological polar surface area (TPSA) is 330 Å². The van der Waals surface area contributed by atoms with Crippen molar-refractivity contribution >= 4 is 46.0 Å². The highest BCUT2D eigenvalue weighted by Gasteiger charge is 2.45. The second-order valence-electron chi connectivity index (χ2n) is 24.8. The fourth-order valence-corrected chi connectivity index (χ4v) is 13.5. The lowest BCUT2D eigenvalue weighted by Crippen LogP contribution is -3.12. The second-order valence-corrected chi connectivity index (χ2v) is 29.1. The highest BCUT2D eigenvalue weighted by Crippen LogP contribution is 2.60. The lowest BCUT2D eigenvalue weighted by molar-refractivity contribution is -0.900. The average Bonchev–Trinajstić information content (AvgIpc) is 1.60. The van der Waals surface area contributed by atoms with Crippen LogP contribution in [0.1, 0.15) is 243 Å². The number of nitro groups is 1. The van der Waals surface area contributed by atoms with Crippen LogP contribution in [-0.4, -0.2) is 143 Å². The normalized spacial score (nSPS) is 16.9. The number of hydrogen-bond donors (Lipinski definition) is 6. The lowest BCUT2D eigenvalue weighted by atomic mass is 10.1. The molecule has 3 aromatic heterocycles. The molecule has 0 amide bonds. The molecule has 0 spiro atoms. The van der Waals surface area contributed by atoms with Gasteiger partial charge in [-0.1, -0.05) is 160 Å². The number of nitro benzene ring substituents is 1. The quantitative estimate of drug-likeness (QED) is 0.0145. The third-order valence-electron chi connectivity index (χ3n) is 16.4. The maximum absolute atomic E-state index is 11.8. The Morgan fingerprint density at radius 2 is 0.851 bits per heavy atom. The summed E-state index contributed by atoms with van der Waals surface area (Å²) in [7, 11) is -18.2. The predicted octanol–water partition coefficient (Wildman–Crippen LogP) is 7.18. The van der Waals surface area contributed by atoms with E-state index in [0.717, 1.165) is 0 Å². The zero-order valence-electron chi connectivity index (χ0n) is 59.7. The molecule has 0 aliphatic carbocycles. The van der Waals surface area contributed by atoms with Crippen molar-refractivity contribution in [2.75, 3.05) is 85.1 Å². The third kappa shape index (κ3) is 37.7. The first kappa shape index (κ1) is 88.9. The second kappa shape index (κ2) is 51.9. The highest BCUT2D eigenvalue weighted by atomic mass is 31.3. The number of aliphatic hydroxyl groups is 2. The number of phosphoric acid groups is 3. The third-order valence-corrected chi connectivity index (χ3v) is 20.1. The van der Waals surface area contributed by atoms with Crippen molar-refractivity contribution in [3.63, 3.8) is 0 Å². The van der Waals surface area contributed by atoms with Crippen LogP contribution in [0.4, 0.5) is 5.69 Å². The molecule has 6 atom stereocenters. The molecule has 1 aliphatic rings. The van der Waals surface area contributed by atoms with E-state index in [1.54, 1.807) is 6.20 Å². The van der Waals surface area contributed by atoms with Gasteiger partial charge in [-0.25, -0.2) is 19.3 Å². The largest absolute Gasteiger partial charge is 0.790 e. The van der Waals surface area contributed by atoms with Gasteiger partial charge in [0.2, 0.25) is 0 Å². The van der Waals surface area contributed by atoms with Crippen molar-refractivity contribution in [2.24, 2.45) is 0 Å². The number of benzene rings is 1. The summed E-state index contributed by atoms with van der Waals surface area (Å²) < 4.78 is 52.6. The van der Waals surface area contributed by atoms with Gasteiger partial charge in [-0.3, -0.25) is 32.5 Å². The van der Waals surface area contributed by atoms with E-state index in [4.69, 9.17) is 4.74 Å². The molecular formula is C66H127N10O15P3. The van der Waals surface area contributed by atoms with Gasteiger partial charge in [-0.2, -0.15) is 0 Å². The van der Waals surface area contributed by atoms with Crippen molar-refractivity contribution in [1.29, 1.82) is 0 Å². The Kier molecular flexibility index (Phi) is 49.1. The smallest absolute Gasteiger partial charge is 0.278 e. The summed E-state index contributed by atoms with van der Waals surface area (Å²) in [6, 6.07) is 5.65. The van der Waals surface area contributed by atoms with E-state index in [0.29, 0.717) is 16.9 Å². The minimum Gasteiger partial charge on any atom is -0.790 e. The number of aliphatic hydroxyl groups excluding tert-OH is 2. The number of aromatic nitrogens is 5. The van der Waals surface area contributed by atoms with Crippen LogP contribution in [0.15, 0.2) is 43.1 Å². The van der Waals surface area contributed by atoms with Crippen molar-refractivity contribution in [3.05, 3.63) is 53.2 Å². The SMILES string of the molecule is CCCC[NH+](CCCC)CCCC.CCCC[NH+](CCCC)CCCC.CCCC[NH+](CCCC)CCCC.CCCC[NH+](CCCC)CCCC.O=[N+]([O-])c1ccc(-c2cn3cnc4c(ncn4[C@@H]4O[C@H](COP(=O)([O-])OP(=O)([O-])OP(=O)([O-])[O-])[C@@H](O)[C@H]4O)c3n2)cc1. The van der Waals surface area contributed by atoms with E-state index in [2.05, 4.69) is 111 Å². The van der Waals surface area contributed by atoms with Crippen LogP contribution in [0.5, 0.6) is 0 Å². The van der Waals surface area contributed by atoms with E-state index in [1.807, 2.05) is 19.6 Å². The number of imidazole rings is 2. The van der Waals surface area contributed by atoms with Crippen LogP contribution in [0.25, 0.3) is 28.1 Å². The van der Waals surface area contributed by atoms with E-state index in [-0.39, 0.29) is 16.9 Å². The zero-order chi connectivity index (χ0) is 70.4. The first-order chi connectivity index (χ1) is 44.9. The Balaban J connectivity index is 0.000000694. The molecule has 1 fully saturated rings. The van der Waals surface area contributed by atoms with Crippen LogP contribution in [-0.2, 0) is 31.6 Å². The predicted molar refractivity (Wildman–Crippen MR) is 366 cm³/mol. The summed E-state index contributed by atoms with van der Waals surface area (Å²) in [6.45, 7) is 43.1. The van der Waals surface area contributed by atoms with Crippen molar-refractivity contribution < 1.29 is 85.9 Å². The first-order valence-electron chi connectivity index (χ1n) is 35.9. The monoisotopic (exact) mass is 1390 g/mol. The molecule has 6 N–H and O–H groups in total. The number of hydrogen-bond acceptors (Lipinski definition) is 18. The summed E-state index contributed by atoms with van der Waals surface area (Å²) in [4.78, 5) is 74.7. The van der Waals surface area contributed by atoms with Gasteiger partial charge in [0.05, 0.1) is 110 Å². The first-order valence-corrected chi connectivity index (χ1v) is 40.3. The number of non-ortho nitro benzene ring substituents is 1. The van der Waals surface area contributed by atoms with E-state index in [9.17, 15) is 53.6 Å². The van der Waals surface area contributed by atoms with Crippen LogP contribution in [0.2, 0.25) is 0 Å². The van der Waals surface area contributed by atoms with Gasteiger partial charge < -0.3 is 63.2 Å². The summed E-state index contributed by atoms with van der Waals surface area (Å²) in [5.41, 5.74) is 1.52. The molecule has 0 saturated carbocycles. The number of quaternary nitrogens is 4. The Bertz CT molecular complexity index is 2520. The Hall–Kier alpha value is -3.16. The molecule has 94 heavy (non-hydrogen) atoms. The lowest BCUT2D eigenvalue weighted by Gasteiger charge is -2.37. The highest BCUT2D eigenvalue weighted by molar-refractivity contribution is 7.64. The maximum atomic E-state index is 11.8. The van der Waals surface area contributed by atoms with Crippen LogP contribution < -0.4 is 39.2 Å². The molecule has 25 nitrogen and oxygen atoms in total. The Labute approximate surface area is 564 Å². The van der Waals surface area contributed by atoms with Crippen LogP contribution in [0, 0.1) is 10.1 Å². The fourth-order valence-electron chi connectivity index (χ4n) is 10.7. The number of nitrogens with one attached hydrogen (secondary N) is 4. The number of rotatable bonds is 46. The van der Waals surface area contributed by atoms with Crippen LogP contribution >= 0.6 is 23.5 Å². The molecule has 1 aliphatic heterocycles. The Morgan fingerprint density at radius 3 is 1.17 bits per heavy atom. The number of nitrogens with zero attached hydrogens (tertiary/aromatic N) is 6. The van der Waals surface area contributed by atoms with Gasteiger partial charge >= 0.3 is 0 Å². The molecule has 28 heteroatoms. The summed E-state index contributed by atoms with van der Waals surface area (Å²) in [5, 5.41) is 31.8. The summed E-state index contributed by atoms with van der Waals surface area (Å²) in [5.74, 6) is 0. The maximum Gasteiger partial charge on any atom is 0.278 e. The van der Waals surface area contributed by atoms with Crippen molar-refractivity contribution in [3.8, 4) is 11.3 Å². The molecule has 1 saturated heterocycles. The van der Waals surface area contributed by atoms with Gasteiger partial charge in [0, 0.05) is 23.9 Å². The molecular weight excluding hydrogens is 1270 g/mol. The number of ether oxygens (including phenoxy) is 1. The molecule has 1 aromatic carbocycles. The van der Waals surface area contributed by atoms with Gasteiger partial charge in [0.1, 0.15) is 24.6 Å². The van der Waals surface area contributed by atoms with E-state index >= 15 is 0 Å². The molecule has 2 unspecified atom stereocenters. The molecule has 4 heterocycles. The van der Waals surface area contributed by atoms with Gasteiger partial charge in [0.25, 0.3) is 21.3 Å². The molecule has 546 valence electrons. The zero-order valence-corrected chi connectivity index (χ0v) is 62.4. The van der Waals surface area contributed by atoms with Crippen LogP contribution in [0.3, 0.4) is 0 Å². The fraction of sp³-hybridized carbons (Fsp3) is 0.803. The van der Waals surface area contributed by atoms with Crippen molar-refractivity contribution in [1.82, 2.24) is 23.9 Å². The molecule has 5 rings (SSSR count). The van der Waals surface area contributed by atoms with Gasteiger partial charge in [-0.15, -0.1) is 0 Å². The molecule has 4 aromatic rings. The summed E-state index contributed by atoms with van der Waals surface area (Å²) in [6.07, 6.45) is 30.7. The molecule has 0 radical (unpaired) electrons. The van der Waals surface area contributed by atoms with Gasteiger partial charge in [-0.05, 0) is 89.2 Å². The summed E-state index contributed by atoms with van der Waals surface area (Å²) >= 11 is 0. The minimum absolute atomic E-state index is 0.105. The van der Waals surface area contributed by atoms with E-state index < -0.39 is 59.5 Å². The van der Waals surface area contributed by atoms with Crippen molar-refractivity contribution in [2.45, 2.75) is 262 Å². The number of phosphoric ester groups is 1. The van der Waals surface area contributed by atoms with Gasteiger partial charge in [0.15, 0.2) is 23.0 Å². The average molecular weight is 1390 g/mol. The number of unbranched alkanes of at least 4 members (excludes halogenated alkanes) is 12. The standard InChI is InChI=1S/C18H19N6O15P3.4C12H27N/c25-14-12(6-36-41(32,33)39-42(34,35)38-40(29,30)31)37-18(15(14)26)23-8-19-13-16(23)20-7-22-5-11(21-17(13)22)9-1-3-10(4-2-9)24(27)28;4*1-4-7-10-13(11-8-5-2)12-9-6-3/h1-5,7-8,12,14-15,18,25-26H,6H2,(H,32,33)(H,34,35)(H2,29,30,31);4*4-12H2,1-3H3/t12-,14-,15-,18-;;;;/m1..../s1. The minimum atomic E-state index is -6.19.